The smallest absolute Gasteiger partial charge is 0.410 e. The highest BCUT2D eigenvalue weighted by atomic mass is 32.2. The van der Waals surface area contributed by atoms with Crippen LogP contribution in [0.3, 0.4) is 0 Å². The number of sulfone groups is 1. The summed E-state index contributed by atoms with van der Waals surface area (Å²) in [5, 5.41) is 12.7. The summed E-state index contributed by atoms with van der Waals surface area (Å²) in [7, 11) is -6.39. The molecule has 10 nitrogen and oxygen atoms in total. The summed E-state index contributed by atoms with van der Waals surface area (Å²) >= 11 is 0. The zero-order valence-electron chi connectivity index (χ0n) is 34.4. The number of nitrogens with zero attached hydrogens (tertiary/aromatic N) is 5. The van der Waals surface area contributed by atoms with Crippen LogP contribution in [0.1, 0.15) is 106 Å². The van der Waals surface area contributed by atoms with Crippen molar-refractivity contribution >= 4 is 51.5 Å². The Morgan fingerprint density at radius 2 is 1.67 bits per heavy atom. The van der Waals surface area contributed by atoms with Crippen LogP contribution < -0.4 is 4.90 Å². The number of benzene rings is 2. The number of amides is 1. The van der Waals surface area contributed by atoms with E-state index in [0.717, 1.165) is 0 Å². The average molecular weight is 818 g/mol. The third-order valence-corrected chi connectivity index (χ3v) is 20.2. The fourth-order valence-electron chi connectivity index (χ4n) is 9.84. The van der Waals surface area contributed by atoms with Crippen LogP contribution >= 0.6 is 0 Å². The Morgan fingerprint density at radius 3 is 2.30 bits per heavy atom. The van der Waals surface area contributed by atoms with Crippen molar-refractivity contribution in [1.82, 2.24) is 19.9 Å². The van der Waals surface area contributed by atoms with Crippen LogP contribution in [0.25, 0.3) is 32.9 Å². The van der Waals surface area contributed by atoms with Gasteiger partial charge in [-0.05, 0) is 61.7 Å². The lowest BCUT2D eigenvalue weighted by molar-refractivity contribution is 0.00452. The van der Waals surface area contributed by atoms with Gasteiger partial charge in [0.1, 0.15) is 36.5 Å². The van der Waals surface area contributed by atoms with E-state index in [1.165, 1.54) is 13.0 Å². The molecule has 2 saturated heterocycles. The second-order valence-electron chi connectivity index (χ2n) is 17.7. The number of aromatic nitrogens is 3. The van der Waals surface area contributed by atoms with Crippen LogP contribution in [0.2, 0.25) is 16.6 Å². The maximum Gasteiger partial charge on any atom is 0.410 e. The molecule has 57 heavy (non-hydrogen) atoms. The van der Waals surface area contributed by atoms with E-state index < -0.39 is 64.6 Å². The maximum absolute atomic E-state index is 17.5. The first kappa shape index (κ1) is 41.0. The topological polar surface area (TPSA) is 126 Å². The molecule has 5 heterocycles. The molecule has 2 bridgehead atoms. The molecule has 0 radical (unpaired) electrons. The van der Waals surface area contributed by atoms with E-state index in [4.69, 9.17) is 9.72 Å². The molecule has 304 valence electrons. The number of piperazine rings is 1. The van der Waals surface area contributed by atoms with Crippen molar-refractivity contribution < 1.29 is 31.8 Å². The molecule has 2 fully saturated rings. The number of carbonyl (C=O) groups excluding carboxylic acids is 1. The highest BCUT2D eigenvalue weighted by Crippen LogP contribution is 2.48. The normalized spacial score (nSPS) is 21.0. The van der Waals surface area contributed by atoms with Crippen LogP contribution in [-0.4, -0.2) is 83.6 Å². The molecule has 1 N–H and O–H groups in total. The van der Waals surface area contributed by atoms with Crippen molar-refractivity contribution in [2.75, 3.05) is 17.2 Å². The van der Waals surface area contributed by atoms with Gasteiger partial charge in [0.25, 0.3) is 0 Å². The zero-order chi connectivity index (χ0) is 41.5. The quantitative estimate of drug-likeness (QED) is 0.115. The predicted molar refractivity (Wildman–Crippen MR) is 221 cm³/mol. The fourth-order valence-corrected chi connectivity index (χ4v) is 15.8. The Balaban J connectivity index is 1.48. The first-order valence-electron chi connectivity index (χ1n) is 20.1. The van der Waals surface area contributed by atoms with E-state index in [1.54, 1.807) is 49.9 Å². The van der Waals surface area contributed by atoms with E-state index in [1.807, 2.05) is 4.90 Å². The van der Waals surface area contributed by atoms with Gasteiger partial charge in [0.2, 0.25) is 15.0 Å². The van der Waals surface area contributed by atoms with Gasteiger partial charge >= 0.3 is 6.09 Å². The zero-order valence-corrected chi connectivity index (χ0v) is 36.3. The van der Waals surface area contributed by atoms with Crippen molar-refractivity contribution in [2.45, 2.75) is 140 Å². The Kier molecular flexibility index (Phi) is 10.5. The summed E-state index contributed by atoms with van der Waals surface area (Å²) in [5.74, 6) is 1.62. The maximum atomic E-state index is 17.5. The Morgan fingerprint density at radius 1 is 0.982 bits per heavy atom. The van der Waals surface area contributed by atoms with Crippen molar-refractivity contribution in [3.05, 3.63) is 53.2 Å². The van der Waals surface area contributed by atoms with Gasteiger partial charge in [-0.1, -0.05) is 78.7 Å². The Bertz CT molecular complexity index is 2440. The number of hydrogen-bond donors (Lipinski definition) is 1. The fraction of sp³-hybridized carbons (Fsp3) is 0.535. The highest BCUT2D eigenvalue weighted by Gasteiger charge is 2.52. The molecule has 1 amide bonds. The average Bonchev–Trinajstić information content (AvgIpc) is 3.41. The molecule has 4 aromatic rings. The Hall–Kier alpha value is -4.19. The lowest BCUT2D eigenvalue weighted by Crippen LogP contribution is -2.62. The number of aliphatic hydroxyl groups excluding tert-OH is 1. The van der Waals surface area contributed by atoms with Crippen LogP contribution in [-0.2, 0) is 14.6 Å². The van der Waals surface area contributed by atoms with Crippen LogP contribution in [0.5, 0.6) is 0 Å². The molecule has 0 saturated carbocycles. The van der Waals surface area contributed by atoms with Crippen molar-refractivity contribution in [1.29, 1.82) is 0 Å². The summed E-state index contributed by atoms with van der Waals surface area (Å²) in [6.45, 7) is 20.2. The molecule has 2 aromatic carbocycles. The van der Waals surface area contributed by atoms with Crippen molar-refractivity contribution in [2.24, 2.45) is 0 Å². The lowest BCUT2D eigenvalue weighted by atomic mass is 9.95. The summed E-state index contributed by atoms with van der Waals surface area (Å²) in [6, 6.07) is 6.95. The van der Waals surface area contributed by atoms with Crippen LogP contribution in [0, 0.1) is 23.1 Å². The molecular formula is C43H53F2N5O5SSi. The minimum absolute atomic E-state index is 0.0813. The first-order valence-corrected chi connectivity index (χ1v) is 23.9. The minimum Gasteiger partial charge on any atom is -0.444 e. The van der Waals surface area contributed by atoms with Gasteiger partial charge in [-0.3, -0.25) is 4.90 Å². The number of aliphatic hydroxyl groups is 1. The van der Waals surface area contributed by atoms with E-state index in [-0.39, 0.29) is 80.6 Å². The van der Waals surface area contributed by atoms with Gasteiger partial charge < -0.3 is 14.7 Å². The van der Waals surface area contributed by atoms with Gasteiger partial charge in [0, 0.05) is 23.9 Å². The van der Waals surface area contributed by atoms with Gasteiger partial charge in [0.05, 0.1) is 46.6 Å². The summed E-state index contributed by atoms with van der Waals surface area (Å²) in [6.07, 6.45) is -0.371. The highest BCUT2D eigenvalue weighted by molar-refractivity contribution is 7.91. The van der Waals surface area contributed by atoms with Gasteiger partial charge in [-0.2, -0.15) is 0 Å². The first-order chi connectivity index (χ1) is 26.7. The van der Waals surface area contributed by atoms with Crippen molar-refractivity contribution in [3.8, 4) is 22.7 Å². The SMILES string of the molecule is CCS(=O)(=O)c1nc2c3c(nc(-c4cccc5ccc(F)c(C#C[Si](C(C)C)(C(C)C)C(C)C)c45)c(F)c3n1)[C@H](O)C[C@@H]1[C@@H]3CC[C@H](CN21)N3C(=O)OC(C)(C)C. The second-order valence-corrected chi connectivity index (χ2v) is 25.5. The van der Waals surface area contributed by atoms with Crippen molar-refractivity contribution in [3.63, 3.8) is 0 Å². The van der Waals surface area contributed by atoms with Gasteiger partial charge in [0.15, 0.2) is 5.82 Å². The molecule has 14 heteroatoms. The van der Waals surface area contributed by atoms with Gasteiger partial charge in [-0.25, -0.2) is 36.9 Å². The Labute approximate surface area is 335 Å². The molecule has 0 unspecified atom stereocenters. The number of anilines is 1. The molecule has 3 aliphatic rings. The van der Waals surface area contributed by atoms with E-state index in [9.17, 15) is 18.3 Å². The third-order valence-electron chi connectivity index (χ3n) is 12.4. The molecule has 2 aromatic heterocycles. The molecule has 0 aliphatic carbocycles. The number of pyridine rings is 1. The molecule has 4 atom stereocenters. The number of fused-ring (bicyclic) bond motifs is 6. The molecule has 3 aliphatic heterocycles. The summed E-state index contributed by atoms with van der Waals surface area (Å²) < 4.78 is 66.5. The summed E-state index contributed by atoms with van der Waals surface area (Å²) in [4.78, 5) is 31.0. The van der Waals surface area contributed by atoms with E-state index >= 15 is 8.78 Å². The van der Waals surface area contributed by atoms with E-state index in [2.05, 4.69) is 63.0 Å². The minimum atomic E-state index is -4.06. The van der Waals surface area contributed by atoms with Crippen LogP contribution in [0.15, 0.2) is 35.5 Å². The number of hydrogen-bond acceptors (Lipinski definition) is 9. The second kappa shape index (κ2) is 14.6. The summed E-state index contributed by atoms with van der Waals surface area (Å²) in [5.41, 5.74) is 3.68. The monoisotopic (exact) mass is 817 g/mol. The van der Waals surface area contributed by atoms with Gasteiger partial charge in [-0.15, -0.1) is 5.54 Å². The molecule has 7 rings (SSSR count). The molecular weight excluding hydrogens is 765 g/mol. The van der Waals surface area contributed by atoms with E-state index in [0.29, 0.717) is 23.6 Å². The van der Waals surface area contributed by atoms with Crippen LogP contribution in [0.4, 0.5) is 19.4 Å². The number of rotatable bonds is 6. The third kappa shape index (κ3) is 6.77. The lowest BCUT2D eigenvalue weighted by Gasteiger charge is -2.47. The predicted octanol–water partition coefficient (Wildman–Crippen LogP) is 8.88. The largest absolute Gasteiger partial charge is 0.444 e. The standard InChI is InChI=1S/C43H53F2N5O5SSi/c1-11-56(53,54)41-47-39-35-38(33(51)21-32-31-18-16-27(22-49(32)40(35)48-41)50(31)42(52)55-43(8,9)10)46-37(36(39)45)29-14-12-13-26-15-17-30(44)28(34(26)29)19-20-57(23(2)3,24(4)5)25(6)7/h12-15,17,23-25,27,31-33,51H,11,16,18,21-22H2,1-10H3/t27-,31+,32-,33-/m1/s1. The number of halogens is 2. The molecule has 0 spiro atoms. The number of ether oxygens (including phenoxy) is 1. The number of carbonyl (C=O) groups is 1.